The second kappa shape index (κ2) is 8.08. The summed E-state index contributed by atoms with van der Waals surface area (Å²) in [5.41, 5.74) is 0.889. The maximum absolute atomic E-state index is 12.7. The Balaban J connectivity index is 2.13. The van der Waals surface area contributed by atoms with Crippen molar-refractivity contribution >= 4 is 37.6 Å². The molecule has 2 rings (SSSR count). The highest BCUT2D eigenvalue weighted by Crippen LogP contribution is 2.28. The molecule has 25 heavy (non-hydrogen) atoms. The molecule has 0 saturated carbocycles. The lowest BCUT2D eigenvalue weighted by Crippen LogP contribution is -2.35. The average molecular weight is 447 g/mol. The van der Waals surface area contributed by atoms with E-state index in [4.69, 9.17) is 16.3 Å². The maximum atomic E-state index is 12.7. The lowest BCUT2D eigenvalue weighted by molar-refractivity contribution is 0.360. The summed E-state index contributed by atoms with van der Waals surface area (Å²) < 4.78 is 34.1. The van der Waals surface area contributed by atoms with Crippen molar-refractivity contribution in [2.75, 3.05) is 13.7 Å². The molecule has 0 radical (unpaired) electrons. The Morgan fingerprint density at radius 2 is 1.80 bits per heavy atom. The van der Waals surface area contributed by atoms with E-state index in [0.29, 0.717) is 11.6 Å². The highest BCUT2D eigenvalue weighted by Gasteiger charge is 2.25. The van der Waals surface area contributed by atoms with Crippen molar-refractivity contribution in [1.82, 2.24) is 4.72 Å². The third-order valence-electron chi connectivity index (χ3n) is 3.75. The number of methoxy groups -OCH3 is 1. The Bertz CT molecular complexity index is 836. The minimum absolute atomic E-state index is 0.0435. The summed E-state index contributed by atoms with van der Waals surface area (Å²) in [5, 5.41) is 0.343. The van der Waals surface area contributed by atoms with E-state index in [1.165, 1.54) is 13.2 Å². The highest BCUT2D eigenvalue weighted by molar-refractivity contribution is 9.10. The van der Waals surface area contributed by atoms with Crippen LogP contribution in [0, 0.1) is 5.41 Å². The molecular formula is C18H21BrClNO3S. The third-order valence-corrected chi connectivity index (χ3v) is 5.94. The topological polar surface area (TPSA) is 55.4 Å². The lowest BCUT2D eigenvalue weighted by atomic mass is 9.86. The first kappa shape index (κ1) is 20.2. The largest absolute Gasteiger partial charge is 0.495 e. The number of ether oxygens (including phenoxy) is 1. The molecule has 0 saturated heterocycles. The summed E-state index contributed by atoms with van der Waals surface area (Å²) in [4.78, 5) is 0.0435. The molecule has 0 aliphatic carbocycles. The van der Waals surface area contributed by atoms with Crippen molar-refractivity contribution in [2.45, 2.75) is 25.2 Å². The average Bonchev–Trinajstić information content (AvgIpc) is 2.55. The minimum atomic E-state index is -3.72. The number of halogens is 2. The zero-order valence-corrected chi connectivity index (χ0v) is 17.5. The Hall–Kier alpha value is -1.08. The zero-order valence-electron chi connectivity index (χ0n) is 14.3. The first-order valence-electron chi connectivity index (χ1n) is 7.71. The molecule has 0 bridgehead atoms. The van der Waals surface area contributed by atoms with Gasteiger partial charge in [-0.15, -0.1) is 0 Å². The summed E-state index contributed by atoms with van der Waals surface area (Å²) in [6, 6.07) is 12.5. The van der Waals surface area contributed by atoms with Gasteiger partial charge in [0, 0.05) is 16.0 Å². The Morgan fingerprint density at radius 3 is 2.40 bits per heavy atom. The van der Waals surface area contributed by atoms with Gasteiger partial charge in [0.25, 0.3) is 0 Å². The summed E-state index contributed by atoms with van der Waals surface area (Å²) in [5.74, 6) is 0.266. The first-order valence-corrected chi connectivity index (χ1v) is 10.4. The molecule has 2 aromatic carbocycles. The predicted octanol–water partition coefficient (Wildman–Crippen LogP) is 4.66. The van der Waals surface area contributed by atoms with Gasteiger partial charge in [-0.2, -0.15) is 0 Å². The molecule has 136 valence electrons. The fourth-order valence-electron chi connectivity index (χ4n) is 2.45. The van der Waals surface area contributed by atoms with E-state index >= 15 is 0 Å². The fourth-order valence-corrected chi connectivity index (χ4v) is 4.38. The molecule has 7 heteroatoms. The number of sulfonamides is 1. The number of rotatable bonds is 7. The third kappa shape index (κ3) is 5.71. The monoisotopic (exact) mass is 445 g/mol. The Kier molecular flexibility index (Phi) is 6.54. The van der Waals surface area contributed by atoms with Gasteiger partial charge in [-0.1, -0.05) is 53.5 Å². The van der Waals surface area contributed by atoms with E-state index in [-0.39, 0.29) is 16.1 Å². The first-order chi connectivity index (χ1) is 11.6. The normalized spacial score (nSPS) is 12.2. The summed E-state index contributed by atoms with van der Waals surface area (Å²) >= 11 is 9.35. The van der Waals surface area contributed by atoms with Crippen LogP contribution in [0.2, 0.25) is 5.02 Å². The van der Waals surface area contributed by atoms with Crippen molar-refractivity contribution in [1.29, 1.82) is 0 Å². The van der Waals surface area contributed by atoms with Gasteiger partial charge in [0.2, 0.25) is 10.0 Å². The highest BCUT2D eigenvalue weighted by atomic mass is 79.9. The Morgan fingerprint density at radius 1 is 1.16 bits per heavy atom. The van der Waals surface area contributed by atoms with E-state index in [0.717, 1.165) is 16.5 Å². The van der Waals surface area contributed by atoms with E-state index in [1.807, 2.05) is 38.1 Å². The molecule has 0 amide bonds. The van der Waals surface area contributed by atoms with Gasteiger partial charge in [0.15, 0.2) is 0 Å². The van der Waals surface area contributed by atoms with Gasteiger partial charge in [0.05, 0.1) is 7.11 Å². The molecule has 0 aliphatic heterocycles. The summed E-state index contributed by atoms with van der Waals surface area (Å²) in [7, 11) is -2.29. The maximum Gasteiger partial charge on any atom is 0.244 e. The molecule has 0 aromatic heterocycles. The van der Waals surface area contributed by atoms with E-state index in [2.05, 4.69) is 20.7 Å². The minimum Gasteiger partial charge on any atom is -0.495 e. The number of hydrogen-bond donors (Lipinski definition) is 1. The zero-order chi connectivity index (χ0) is 18.7. The molecule has 0 unspecified atom stereocenters. The van der Waals surface area contributed by atoms with E-state index in [1.54, 1.807) is 12.1 Å². The second-order valence-corrected chi connectivity index (χ2v) is 9.67. The summed E-state index contributed by atoms with van der Waals surface area (Å²) in [6.45, 7) is 4.33. The van der Waals surface area contributed by atoms with Gasteiger partial charge >= 0.3 is 0 Å². The van der Waals surface area contributed by atoms with Crippen molar-refractivity contribution in [3.8, 4) is 5.75 Å². The molecule has 0 atom stereocenters. The van der Waals surface area contributed by atoms with Crippen LogP contribution in [-0.2, 0) is 16.4 Å². The molecule has 4 nitrogen and oxygen atoms in total. The van der Waals surface area contributed by atoms with Gasteiger partial charge in [-0.3, -0.25) is 0 Å². The van der Waals surface area contributed by atoms with Gasteiger partial charge in [-0.25, -0.2) is 13.1 Å². The number of hydrogen-bond acceptors (Lipinski definition) is 3. The van der Waals surface area contributed by atoms with Crippen LogP contribution in [0.15, 0.2) is 51.8 Å². The molecule has 0 spiro atoms. The van der Waals surface area contributed by atoms with Gasteiger partial charge in [0.1, 0.15) is 10.6 Å². The van der Waals surface area contributed by atoms with Crippen LogP contribution < -0.4 is 9.46 Å². The van der Waals surface area contributed by atoms with Crippen LogP contribution in [0.4, 0.5) is 0 Å². The Labute approximate surface area is 162 Å². The standard InChI is InChI=1S/C18H21BrClNO3S/c1-18(2,11-13-4-6-14(19)7-5-13)12-21-25(22,23)17-10-15(20)8-9-16(17)24-3/h4-10,21H,11-12H2,1-3H3. The molecule has 0 aliphatic rings. The van der Waals surface area contributed by atoms with E-state index < -0.39 is 10.0 Å². The smallest absolute Gasteiger partial charge is 0.244 e. The quantitative estimate of drug-likeness (QED) is 0.673. The SMILES string of the molecule is COc1ccc(Cl)cc1S(=O)(=O)NCC(C)(C)Cc1ccc(Br)cc1. The second-order valence-electron chi connectivity index (χ2n) is 6.59. The van der Waals surface area contributed by atoms with Crippen LogP contribution in [0.25, 0.3) is 0 Å². The molecule has 2 aromatic rings. The van der Waals surface area contributed by atoms with Crippen LogP contribution in [0.5, 0.6) is 5.75 Å². The van der Waals surface area contributed by atoms with Crippen LogP contribution in [0.1, 0.15) is 19.4 Å². The van der Waals surface area contributed by atoms with Gasteiger partial charge in [-0.05, 0) is 47.7 Å². The summed E-state index contributed by atoms with van der Waals surface area (Å²) in [6.07, 6.45) is 0.746. The van der Waals surface area contributed by atoms with Crippen LogP contribution in [0.3, 0.4) is 0 Å². The van der Waals surface area contributed by atoms with Crippen LogP contribution >= 0.6 is 27.5 Å². The van der Waals surface area contributed by atoms with Crippen molar-refractivity contribution in [3.05, 3.63) is 57.5 Å². The molecule has 0 fully saturated rings. The molecular weight excluding hydrogens is 426 g/mol. The number of benzene rings is 2. The molecule has 1 N–H and O–H groups in total. The van der Waals surface area contributed by atoms with Gasteiger partial charge < -0.3 is 4.74 Å². The fraction of sp³-hybridized carbons (Fsp3) is 0.333. The lowest BCUT2D eigenvalue weighted by Gasteiger charge is -2.25. The van der Waals surface area contributed by atoms with Crippen molar-refractivity contribution < 1.29 is 13.2 Å². The predicted molar refractivity (Wildman–Crippen MR) is 105 cm³/mol. The van der Waals surface area contributed by atoms with E-state index in [9.17, 15) is 8.42 Å². The van der Waals surface area contributed by atoms with Crippen molar-refractivity contribution in [3.63, 3.8) is 0 Å². The number of nitrogens with one attached hydrogen (secondary N) is 1. The molecule has 0 heterocycles. The van der Waals surface area contributed by atoms with Crippen LogP contribution in [-0.4, -0.2) is 22.1 Å². The van der Waals surface area contributed by atoms with Crippen molar-refractivity contribution in [2.24, 2.45) is 5.41 Å².